The first kappa shape index (κ1) is 29.3. The summed E-state index contributed by atoms with van der Waals surface area (Å²) in [5.74, 6) is 0. The van der Waals surface area contributed by atoms with Crippen LogP contribution >= 0.6 is 0 Å². The second-order valence-electron chi connectivity index (χ2n) is 12.5. The van der Waals surface area contributed by atoms with Crippen LogP contribution in [0.25, 0.3) is 21.5 Å². The van der Waals surface area contributed by atoms with Gasteiger partial charge in [-0.3, -0.25) is 0 Å². The summed E-state index contributed by atoms with van der Waals surface area (Å²) < 4.78 is 0. The minimum absolute atomic E-state index is 0.867. The Hall–Kier alpha value is -4.76. The lowest BCUT2D eigenvalue weighted by Crippen LogP contribution is -2.14. The van der Waals surface area contributed by atoms with Crippen molar-refractivity contribution in [1.82, 2.24) is 0 Å². The molecule has 0 amide bonds. The van der Waals surface area contributed by atoms with E-state index < -0.39 is 0 Å². The van der Waals surface area contributed by atoms with Crippen molar-refractivity contribution >= 4 is 38.6 Å². The number of nitrogens with zero attached hydrogens (tertiary/aromatic N) is 3. The zero-order chi connectivity index (χ0) is 30.8. The molecule has 0 saturated heterocycles. The van der Waals surface area contributed by atoms with Gasteiger partial charge in [-0.25, -0.2) is 0 Å². The highest BCUT2D eigenvalue weighted by atomic mass is 15.1. The van der Waals surface area contributed by atoms with Crippen LogP contribution in [-0.2, 0) is 19.3 Å². The first-order chi connectivity index (χ1) is 21.3. The van der Waals surface area contributed by atoms with E-state index in [4.69, 9.17) is 0 Å². The van der Waals surface area contributed by atoms with Crippen molar-refractivity contribution in [2.24, 2.45) is 0 Å². The zero-order valence-electron chi connectivity index (χ0n) is 26.9. The van der Waals surface area contributed by atoms with E-state index in [-0.39, 0.29) is 0 Å². The minimum atomic E-state index is 0.867. The Morgan fingerprint density at radius 1 is 0.364 bits per heavy atom. The van der Waals surface area contributed by atoms with Crippen molar-refractivity contribution in [2.45, 2.75) is 19.3 Å². The third-order valence-electron chi connectivity index (χ3n) is 8.86. The Morgan fingerprint density at radius 3 is 1.27 bits per heavy atom. The molecule has 0 heterocycles. The van der Waals surface area contributed by atoms with Crippen LogP contribution in [0.15, 0.2) is 115 Å². The van der Waals surface area contributed by atoms with Crippen LogP contribution in [0.1, 0.15) is 33.4 Å². The molecule has 0 bridgehead atoms. The number of anilines is 3. The molecule has 0 unspecified atom stereocenters. The van der Waals surface area contributed by atoms with Gasteiger partial charge in [-0.15, -0.1) is 0 Å². The maximum Gasteiger partial charge on any atom is 0.0396 e. The molecule has 0 atom stereocenters. The molecule has 3 nitrogen and oxygen atoms in total. The first-order valence-corrected chi connectivity index (χ1v) is 15.5. The molecule has 6 aromatic carbocycles. The zero-order valence-corrected chi connectivity index (χ0v) is 26.9. The number of fused-ring (bicyclic) bond motifs is 2. The normalized spacial score (nSPS) is 11.2. The van der Waals surface area contributed by atoms with Gasteiger partial charge < -0.3 is 14.7 Å². The predicted molar refractivity (Wildman–Crippen MR) is 192 cm³/mol. The number of rotatable bonds is 9. The Kier molecular flexibility index (Phi) is 8.30. The number of benzene rings is 6. The number of hydrogen-bond donors (Lipinski definition) is 0. The van der Waals surface area contributed by atoms with Crippen LogP contribution in [0.3, 0.4) is 0 Å². The second kappa shape index (κ2) is 12.5. The molecule has 0 aliphatic heterocycles. The summed E-state index contributed by atoms with van der Waals surface area (Å²) in [6.07, 6.45) is 2.61. The summed E-state index contributed by atoms with van der Waals surface area (Å²) in [5.41, 5.74) is 12.1. The van der Waals surface area contributed by atoms with E-state index >= 15 is 0 Å². The molecular formula is C41H43N3. The lowest BCUT2D eigenvalue weighted by molar-refractivity contribution is 1.01. The van der Waals surface area contributed by atoms with Gasteiger partial charge >= 0.3 is 0 Å². The monoisotopic (exact) mass is 577 g/mol. The molecule has 6 aromatic rings. The Bertz CT molecular complexity index is 1930. The quantitative estimate of drug-likeness (QED) is 0.159. The summed E-state index contributed by atoms with van der Waals surface area (Å²) in [6.45, 7) is 0. The van der Waals surface area contributed by atoms with Crippen LogP contribution in [0.5, 0.6) is 0 Å². The van der Waals surface area contributed by atoms with Gasteiger partial charge in [0.2, 0.25) is 0 Å². The van der Waals surface area contributed by atoms with E-state index in [0.29, 0.717) is 0 Å². The van der Waals surface area contributed by atoms with Crippen molar-refractivity contribution in [1.29, 1.82) is 0 Å². The summed E-state index contributed by atoms with van der Waals surface area (Å²) in [5, 5.41) is 5.22. The van der Waals surface area contributed by atoms with E-state index in [0.717, 1.165) is 19.3 Å². The van der Waals surface area contributed by atoms with E-state index in [9.17, 15) is 0 Å². The van der Waals surface area contributed by atoms with Crippen LogP contribution in [0.4, 0.5) is 17.1 Å². The van der Waals surface area contributed by atoms with Gasteiger partial charge in [0.25, 0.3) is 0 Å². The largest absolute Gasteiger partial charge is 0.377 e. The van der Waals surface area contributed by atoms with Crippen LogP contribution in [-0.4, -0.2) is 42.3 Å². The number of hydrogen-bond acceptors (Lipinski definition) is 3. The van der Waals surface area contributed by atoms with Crippen LogP contribution in [0.2, 0.25) is 0 Å². The van der Waals surface area contributed by atoms with Crippen molar-refractivity contribution in [2.75, 3.05) is 57.0 Å². The molecule has 0 aliphatic rings. The Morgan fingerprint density at radius 2 is 0.773 bits per heavy atom. The fourth-order valence-electron chi connectivity index (χ4n) is 6.73. The smallest absolute Gasteiger partial charge is 0.0396 e. The average molecular weight is 578 g/mol. The Labute approximate surface area is 263 Å². The maximum atomic E-state index is 2.48. The highest BCUT2D eigenvalue weighted by molar-refractivity contribution is 6.01. The van der Waals surface area contributed by atoms with Crippen molar-refractivity contribution in [3.63, 3.8) is 0 Å². The molecule has 0 aromatic heterocycles. The van der Waals surface area contributed by atoms with Gasteiger partial charge in [0.15, 0.2) is 0 Å². The van der Waals surface area contributed by atoms with E-state index in [2.05, 4.69) is 172 Å². The highest BCUT2D eigenvalue weighted by Gasteiger charge is 2.20. The maximum absolute atomic E-state index is 2.48. The minimum Gasteiger partial charge on any atom is -0.377 e. The molecule has 0 fully saturated rings. The van der Waals surface area contributed by atoms with E-state index in [1.54, 1.807) is 0 Å². The third kappa shape index (κ3) is 5.88. The van der Waals surface area contributed by atoms with Gasteiger partial charge in [0, 0.05) is 72.2 Å². The summed E-state index contributed by atoms with van der Waals surface area (Å²) in [6, 6.07) is 42.6. The van der Waals surface area contributed by atoms with Crippen molar-refractivity contribution in [3.8, 4) is 0 Å². The molecular weight excluding hydrogens is 534 g/mol. The lowest BCUT2D eigenvalue weighted by Gasteiger charge is -2.25. The van der Waals surface area contributed by atoms with Crippen LogP contribution < -0.4 is 14.7 Å². The summed E-state index contributed by atoms with van der Waals surface area (Å²) in [7, 11) is 12.9. The highest BCUT2D eigenvalue weighted by Crippen LogP contribution is 2.37. The van der Waals surface area contributed by atoms with Crippen LogP contribution in [0, 0.1) is 0 Å². The van der Waals surface area contributed by atoms with E-state index in [1.165, 1.54) is 72.0 Å². The van der Waals surface area contributed by atoms with E-state index in [1.807, 2.05) is 0 Å². The lowest BCUT2D eigenvalue weighted by atomic mass is 9.83. The molecule has 222 valence electrons. The molecule has 44 heavy (non-hydrogen) atoms. The third-order valence-corrected chi connectivity index (χ3v) is 8.86. The molecule has 6 rings (SSSR count). The van der Waals surface area contributed by atoms with Crippen molar-refractivity contribution < 1.29 is 0 Å². The molecule has 0 radical (unpaired) electrons. The summed E-state index contributed by atoms with van der Waals surface area (Å²) in [4.78, 5) is 6.72. The molecule has 0 aliphatic carbocycles. The molecule has 0 N–H and O–H groups in total. The van der Waals surface area contributed by atoms with Gasteiger partial charge in [-0.05, 0) is 91.7 Å². The standard InChI is InChI=1S/C41H43N3/c1-42(2)39-20-12-9-17-31(39)24-35-25-34-23-29-15-7-8-16-30(29)26-36(34)38(28-33-19-11-14-22-41(33)44(5)6)37(35)27-32-18-10-13-21-40(32)43(3)4/h7-23,25-26H,24,27-28H2,1-6H3. The van der Waals surface area contributed by atoms with Gasteiger partial charge in [-0.2, -0.15) is 0 Å². The topological polar surface area (TPSA) is 9.72 Å². The van der Waals surface area contributed by atoms with Gasteiger partial charge in [0.1, 0.15) is 0 Å². The molecule has 0 spiro atoms. The SMILES string of the molecule is CN(C)c1ccccc1Cc1cc2cc3ccccc3cc2c(Cc2ccccc2N(C)C)c1Cc1ccccc1N(C)C. The fraction of sp³-hybridized carbons (Fsp3) is 0.220. The summed E-state index contributed by atoms with van der Waals surface area (Å²) >= 11 is 0. The predicted octanol–water partition coefficient (Wildman–Crippen LogP) is 8.96. The molecule has 0 saturated carbocycles. The number of para-hydroxylation sites is 3. The van der Waals surface area contributed by atoms with Gasteiger partial charge in [0.05, 0.1) is 0 Å². The first-order valence-electron chi connectivity index (χ1n) is 15.5. The fourth-order valence-corrected chi connectivity index (χ4v) is 6.73. The van der Waals surface area contributed by atoms with Gasteiger partial charge in [-0.1, -0.05) is 84.9 Å². The Balaban J connectivity index is 1.66. The second-order valence-corrected chi connectivity index (χ2v) is 12.5. The molecule has 3 heteroatoms. The average Bonchev–Trinajstić information content (AvgIpc) is 3.02. The van der Waals surface area contributed by atoms with Crippen molar-refractivity contribution in [3.05, 3.63) is 149 Å².